The molecule has 1 N–H and O–H groups in total. The highest BCUT2D eigenvalue weighted by atomic mass is 16.3. The highest BCUT2D eigenvalue weighted by Gasteiger charge is 2.70. The number of Topliss-reactive ketones (excluding diaryl/α,β-unsaturated/α-hetero) is 2. The van der Waals surface area contributed by atoms with Gasteiger partial charge in [-0.25, -0.2) is 0 Å². The molecule has 196 valence electrons. The van der Waals surface area contributed by atoms with Gasteiger partial charge >= 0.3 is 0 Å². The third kappa shape index (κ3) is 3.12. The number of carbonyl (C=O) groups excluding carboxylic acids is 2. The van der Waals surface area contributed by atoms with E-state index in [2.05, 4.69) is 54.5 Å². The van der Waals surface area contributed by atoms with Crippen molar-refractivity contribution in [3.63, 3.8) is 0 Å². The maximum atomic E-state index is 14.0. The Kier molecular flexibility index (Phi) is 5.54. The molecule has 0 saturated heterocycles. The van der Waals surface area contributed by atoms with E-state index in [-0.39, 0.29) is 45.5 Å². The molecular weight excluding hydrogens is 432 g/mol. The Morgan fingerprint density at radius 2 is 1.66 bits per heavy atom. The largest absolute Gasteiger partial charge is 0.395 e. The molecule has 0 spiro atoms. The minimum Gasteiger partial charge on any atom is -0.395 e. The average Bonchev–Trinajstić information content (AvgIpc) is 2.73. The lowest BCUT2D eigenvalue weighted by Crippen LogP contribution is -2.66. The van der Waals surface area contributed by atoms with Gasteiger partial charge in [0.1, 0.15) is 11.6 Å². The Balaban J connectivity index is 1.60. The minimum absolute atomic E-state index is 0.000552. The molecule has 35 heavy (non-hydrogen) atoms. The lowest BCUT2D eigenvalue weighted by molar-refractivity contribution is -0.195. The zero-order valence-electron chi connectivity index (χ0n) is 23.7. The molecule has 0 bridgehead atoms. The first kappa shape index (κ1) is 25.7. The summed E-state index contributed by atoms with van der Waals surface area (Å²) >= 11 is 0. The molecule has 3 heteroatoms. The van der Waals surface area contributed by atoms with Crippen LogP contribution in [0.15, 0.2) is 11.6 Å². The van der Waals surface area contributed by atoms with Gasteiger partial charge in [0.2, 0.25) is 0 Å². The fourth-order valence-corrected chi connectivity index (χ4v) is 11.2. The van der Waals surface area contributed by atoms with E-state index in [1.807, 2.05) is 0 Å². The summed E-state index contributed by atoms with van der Waals surface area (Å²) in [4.78, 5) is 26.6. The number of fused-ring (bicyclic) bond motifs is 7. The van der Waals surface area contributed by atoms with Crippen LogP contribution in [-0.4, -0.2) is 23.3 Å². The molecule has 5 aliphatic rings. The predicted molar refractivity (Wildman–Crippen MR) is 141 cm³/mol. The van der Waals surface area contributed by atoms with E-state index in [4.69, 9.17) is 0 Å². The smallest absolute Gasteiger partial charge is 0.142 e. The van der Waals surface area contributed by atoms with Gasteiger partial charge in [-0.05, 0) is 97.7 Å². The maximum Gasteiger partial charge on any atom is 0.142 e. The van der Waals surface area contributed by atoms with E-state index in [0.717, 1.165) is 51.4 Å². The number of allylic oxidation sites excluding steroid dienone is 2. The van der Waals surface area contributed by atoms with Crippen LogP contribution >= 0.6 is 0 Å². The molecule has 3 nitrogen and oxygen atoms in total. The molecule has 0 heterocycles. The highest BCUT2D eigenvalue weighted by molar-refractivity contribution is 5.89. The predicted octanol–water partition coefficient (Wildman–Crippen LogP) is 7.16. The van der Waals surface area contributed by atoms with E-state index in [1.54, 1.807) is 6.92 Å². The van der Waals surface area contributed by atoms with Crippen LogP contribution in [0.4, 0.5) is 0 Å². The monoisotopic (exact) mass is 482 g/mol. The fraction of sp³-hybridized carbons (Fsp3) is 0.875. The number of ketones is 2. The summed E-state index contributed by atoms with van der Waals surface area (Å²) in [6.45, 7) is 18.7. The quantitative estimate of drug-likeness (QED) is 0.425. The number of aliphatic hydroxyl groups is 1. The van der Waals surface area contributed by atoms with Gasteiger partial charge in [0.25, 0.3) is 0 Å². The van der Waals surface area contributed by atoms with Crippen LogP contribution in [0.3, 0.4) is 0 Å². The molecule has 4 fully saturated rings. The van der Waals surface area contributed by atoms with E-state index in [0.29, 0.717) is 29.8 Å². The van der Waals surface area contributed by atoms with Crippen LogP contribution in [0.25, 0.3) is 0 Å². The van der Waals surface area contributed by atoms with Crippen molar-refractivity contribution in [3.05, 3.63) is 11.6 Å². The van der Waals surface area contributed by atoms with E-state index >= 15 is 0 Å². The number of carbonyl (C=O) groups is 2. The first-order chi connectivity index (χ1) is 16.1. The lowest BCUT2D eigenvalue weighted by atomic mass is 9.33. The van der Waals surface area contributed by atoms with Gasteiger partial charge < -0.3 is 5.11 Å². The summed E-state index contributed by atoms with van der Waals surface area (Å²) in [6.07, 6.45) is 11.5. The van der Waals surface area contributed by atoms with Crippen LogP contribution < -0.4 is 0 Å². The topological polar surface area (TPSA) is 54.4 Å². The van der Waals surface area contributed by atoms with Crippen LogP contribution in [0.5, 0.6) is 0 Å². The van der Waals surface area contributed by atoms with Crippen molar-refractivity contribution in [1.29, 1.82) is 0 Å². The lowest BCUT2D eigenvalue weighted by Gasteiger charge is -2.71. The Labute approximate surface area is 213 Å². The van der Waals surface area contributed by atoms with Gasteiger partial charge in [0, 0.05) is 17.8 Å². The van der Waals surface area contributed by atoms with E-state index in [9.17, 15) is 14.7 Å². The molecule has 0 aromatic heterocycles. The third-order valence-electron chi connectivity index (χ3n) is 13.4. The fourth-order valence-electron chi connectivity index (χ4n) is 11.2. The molecule has 0 amide bonds. The van der Waals surface area contributed by atoms with Crippen molar-refractivity contribution < 1.29 is 14.7 Å². The van der Waals surface area contributed by atoms with Gasteiger partial charge in [-0.1, -0.05) is 60.1 Å². The summed E-state index contributed by atoms with van der Waals surface area (Å²) in [7, 11) is 0. The Bertz CT molecular complexity index is 973. The van der Waals surface area contributed by atoms with Crippen molar-refractivity contribution in [3.8, 4) is 0 Å². The number of aliphatic hydroxyl groups excluding tert-OH is 1. The minimum atomic E-state index is -0.563. The summed E-state index contributed by atoms with van der Waals surface area (Å²) in [5, 5.41) is 10.6. The molecule has 0 radical (unpaired) electrons. The molecule has 0 aromatic rings. The summed E-state index contributed by atoms with van der Waals surface area (Å²) < 4.78 is 0. The second kappa shape index (κ2) is 7.55. The Morgan fingerprint density at radius 3 is 2.29 bits per heavy atom. The van der Waals surface area contributed by atoms with Gasteiger partial charge in [-0.3, -0.25) is 9.59 Å². The summed E-state index contributed by atoms with van der Waals surface area (Å²) in [6, 6.07) is 0. The van der Waals surface area contributed by atoms with Gasteiger partial charge in [0.15, 0.2) is 0 Å². The molecule has 5 rings (SSSR count). The van der Waals surface area contributed by atoms with Crippen molar-refractivity contribution in [1.82, 2.24) is 0 Å². The Hall–Kier alpha value is -0.960. The van der Waals surface area contributed by atoms with Crippen molar-refractivity contribution >= 4 is 11.6 Å². The molecule has 4 saturated carbocycles. The second-order valence-electron chi connectivity index (χ2n) is 15.7. The molecule has 0 aromatic carbocycles. The first-order valence-corrected chi connectivity index (χ1v) is 14.4. The zero-order valence-corrected chi connectivity index (χ0v) is 23.7. The standard InChI is InChI=1S/C32H50O3/c1-20(34)21-11-13-29(6)24(28(21,4)5)12-14-30(7)25(29)10-9-22-23-17-27(2,3)15-16-32(23,19-33)26(35)18-31(22,30)8/h9,21,23-25,33H,10-19H2,1-8H3/t21-,23-,24?,25-,29+,30-,31-,32-/m1/s1. The van der Waals surface area contributed by atoms with Crippen LogP contribution in [0.1, 0.15) is 113 Å². The second-order valence-corrected chi connectivity index (χ2v) is 15.7. The molecule has 0 aliphatic heterocycles. The molecule has 1 unspecified atom stereocenters. The SMILES string of the molecule is CC(=O)[C@H]1CC[C@@]2(C)C(CC[C@]3(C)[C@@H]2CC=C2[C@H]4CC(C)(C)CC[C@]4(CO)C(=O)C[C@]23C)C1(C)C. The van der Waals surface area contributed by atoms with E-state index < -0.39 is 5.41 Å². The van der Waals surface area contributed by atoms with Crippen LogP contribution in [0.2, 0.25) is 0 Å². The summed E-state index contributed by atoms with van der Waals surface area (Å²) in [5.74, 6) is 2.10. The molecule has 8 atom stereocenters. The normalized spacial score (nSPS) is 50.2. The maximum absolute atomic E-state index is 14.0. The zero-order chi connectivity index (χ0) is 25.8. The highest BCUT2D eigenvalue weighted by Crippen LogP contribution is 2.75. The number of hydrogen-bond donors (Lipinski definition) is 1. The van der Waals surface area contributed by atoms with E-state index in [1.165, 1.54) is 5.57 Å². The van der Waals surface area contributed by atoms with Crippen LogP contribution in [0, 0.1) is 56.2 Å². The van der Waals surface area contributed by atoms with Crippen molar-refractivity contribution in [2.45, 2.75) is 113 Å². The average molecular weight is 483 g/mol. The third-order valence-corrected chi connectivity index (χ3v) is 13.4. The number of rotatable bonds is 2. The summed E-state index contributed by atoms with van der Waals surface area (Å²) in [5.41, 5.74) is 1.29. The van der Waals surface area contributed by atoms with Gasteiger partial charge in [-0.2, -0.15) is 0 Å². The van der Waals surface area contributed by atoms with Gasteiger partial charge in [0.05, 0.1) is 12.0 Å². The first-order valence-electron chi connectivity index (χ1n) is 14.4. The Morgan fingerprint density at radius 1 is 0.971 bits per heavy atom. The van der Waals surface area contributed by atoms with Gasteiger partial charge in [-0.15, -0.1) is 0 Å². The molecular formula is C32H50O3. The van der Waals surface area contributed by atoms with Crippen molar-refractivity contribution in [2.75, 3.05) is 6.61 Å². The molecule has 5 aliphatic carbocycles. The van der Waals surface area contributed by atoms with Crippen LogP contribution in [-0.2, 0) is 9.59 Å². The number of hydrogen-bond acceptors (Lipinski definition) is 3. The van der Waals surface area contributed by atoms with Crippen molar-refractivity contribution in [2.24, 2.45) is 56.2 Å².